The van der Waals surface area contributed by atoms with Crippen molar-refractivity contribution in [3.8, 4) is 0 Å². The largest absolute Gasteiger partial charge is 0.451 e. The Labute approximate surface area is 189 Å². The lowest BCUT2D eigenvalue weighted by molar-refractivity contribution is 0.00955. The van der Waals surface area contributed by atoms with Crippen LogP contribution in [-0.2, 0) is 10.3 Å². The van der Waals surface area contributed by atoms with Gasteiger partial charge in [0.15, 0.2) is 0 Å². The van der Waals surface area contributed by atoms with E-state index in [2.05, 4.69) is 49.1 Å². The molecule has 2 aromatic carbocycles. The van der Waals surface area contributed by atoms with Crippen LogP contribution in [0.5, 0.6) is 0 Å². The van der Waals surface area contributed by atoms with E-state index in [-0.39, 0.29) is 5.97 Å². The number of fused-ring (bicyclic) bond motifs is 2. The Bertz CT molecular complexity index is 1190. The lowest BCUT2D eigenvalue weighted by Crippen LogP contribution is -2.44. The number of rotatable bonds is 3. The maximum Gasteiger partial charge on any atom is 0.339 e. The number of ether oxygens (including phenoxy) is 1. The number of benzene rings is 2. The molecule has 0 bridgehead atoms. The van der Waals surface area contributed by atoms with Crippen molar-refractivity contribution in [1.29, 1.82) is 0 Å². The van der Waals surface area contributed by atoms with Gasteiger partial charge in [-0.2, -0.15) is 0 Å². The van der Waals surface area contributed by atoms with E-state index in [1.807, 2.05) is 38.2 Å². The molecule has 2 aliphatic rings. The number of nitrogens with zero attached hydrogens (tertiary/aromatic N) is 4. The number of carbonyl (C=O) groups excluding carboxylic acids is 1. The highest BCUT2D eigenvalue weighted by atomic mass is 79.9. The Morgan fingerprint density at radius 2 is 1.90 bits per heavy atom. The van der Waals surface area contributed by atoms with Crippen LogP contribution >= 0.6 is 15.9 Å². The van der Waals surface area contributed by atoms with Crippen molar-refractivity contribution in [2.24, 2.45) is 0 Å². The minimum absolute atomic E-state index is 0.283. The van der Waals surface area contributed by atoms with Gasteiger partial charge < -0.3 is 19.9 Å². The quantitative estimate of drug-likeness (QED) is 0.559. The van der Waals surface area contributed by atoms with E-state index in [9.17, 15) is 4.79 Å². The standard InChI is InChI=1S/C23H24BrN5O2/c1-23(2)17-12-14(4-5-15(17)21(30)31-23)26-22-25-13-16-19(7-6-18(24)20(16)27-22)29-10-8-28(3)9-11-29/h4-7,12-13H,8-11H2,1-3H3,(H,25,26,27). The summed E-state index contributed by atoms with van der Waals surface area (Å²) in [4.78, 5) is 26.1. The molecule has 0 spiro atoms. The zero-order valence-electron chi connectivity index (χ0n) is 17.8. The summed E-state index contributed by atoms with van der Waals surface area (Å²) in [6.45, 7) is 7.84. The van der Waals surface area contributed by atoms with Gasteiger partial charge in [-0.1, -0.05) is 0 Å². The Hall–Kier alpha value is -2.71. The fourth-order valence-electron chi connectivity index (χ4n) is 4.22. The molecule has 8 heteroatoms. The van der Waals surface area contributed by atoms with Gasteiger partial charge in [-0.25, -0.2) is 14.8 Å². The van der Waals surface area contributed by atoms with Gasteiger partial charge in [0.1, 0.15) is 5.60 Å². The lowest BCUT2D eigenvalue weighted by Gasteiger charge is -2.34. The van der Waals surface area contributed by atoms with Crippen LogP contribution < -0.4 is 10.2 Å². The molecule has 31 heavy (non-hydrogen) atoms. The summed E-state index contributed by atoms with van der Waals surface area (Å²) in [6, 6.07) is 9.76. The zero-order valence-corrected chi connectivity index (χ0v) is 19.4. The van der Waals surface area contributed by atoms with Crippen molar-refractivity contribution in [2.75, 3.05) is 43.4 Å². The van der Waals surface area contributed by atoms with Crippen molar-refractivity contribution in [3.63, 3.8) is 0 Å². The molecule has 2 aliphatic heterocycles. The van der Waals surface area contributed by atoms with E-state index < -0.39 is 5.60 Å². The van der Waals surface area contributed by atoms with Crippen LogP contribution in [0.4, 0.5) is 17.3 Å². The number of aromatic nitrogens is 2. The van der Waals surface area contributed by atoms with Crippen LogP contribution in [0.1, 0.15) is 29.8 Å². The van der Waals surface area contributed by atoms with Gasteiger partial charge in [-0.15, -0.1) is 0 Å². The first-order valence-corrected chi connectivity index (χ1v) is 11.1. The van der Waals surface area contributed by atoms with Crippen LogP contribution in [0.25, 0.3) is 10.9 Å². The molecule has 0 unspecified atom stereocenters. The Morgan fingerprint density at radius 1 is 1.13 bits per heavy atom. The topological polar surface area (TPSA) is 70.6 Å². The van der Waals surface area contributed by atoms with Gasteiger partial charge in [0.05, 0.1) is 11.1 Å². The van der Waals surface area contributed by atoms with Crippen molar-refractivity contribution in [3.05, 3.63) is 52.1 Å². The second-order valence-corrected chi connectivity index (χ2v) is 9.45. The zero-order chi connectivity index (χ0) is 21.8. The smallest absolute Gasteiger partial charge is 0.339 e. The lowest BCUT2D eigenvalue weighted by atomic mass is 9.95. The molecular formula is C23H24BrN5O2. The predicted molar refractivity (Wildman–Crippen MR) is 125 cm³/mol. The van der Waals surface area contributed by atoms with Gasteiger partial charge in [-0.3, -0.25) is 0 Å². The highest BCUT2D eigenvalue weighted by molar-refractivity contribution is 9.10. The van der Waals surface area contributed by atoms with Crippen LogP contribution in [0.15, 0.2) is 41.0 Å². The molecule has 160 valence electrons. The summed E-state index contributed by atoms with van der Waals surface area (Å²) in [5.74, 6) is 0.223. The van der Waals surface area contributed by atoms with Crippen molar-refractivity contribution < 1.29 is 9.53 Å². The summed E-state index contributed by atoms with van der Waals surface area (Å²) < 4.78 is 6.39. The van der Waals surface area contributed by atoms with Gasteiger partial charge in [-0.05, 0) is 67.2 Å². The maximum absolute atomic E-state index is 12.0. The molecule has 0 radical (unpaired) electrons. The molecular weight excluding hydrogens is 458 g/mol. The second-order valence-electron chi connectivity index (χ2n) is 8.60. The Kier molecular flexibility index (Phi) is 4.86. The summed E-state index contributed by atoms with van der Waals surface area (Å²) in [5, 5.41) is 4.31. The number of esters is 1. The number of halogens is 1. The fourth-order valence-corrected chi connectivity index (χ4v) is 4.66. The molecule has 0 saturated carbocycles. The van der Waals surface area contributed by atoms with E-state index >= 15 is 0 Å². The monoisotopic (exact) mass is 481 g/mol. The van der Waals surface area contributed by atoms with Crippen molar-refractivity contribution in [2.45, 2.75) is 19.4 Å². The molecule has 0 aliphatic carbocycles. The summed E-state index contributed by atoms with van der Waals surface area (Å²) in [5.41, 5.74) is 3.67. The van der Waals surface area contributed by atoms with E-state index in [0.717, 1.165) is 58.5 Å². The number of piperazine rings is 1. The third-order valence-corrected chi connectivity index (χ3v) is 6.65. The molecule has 5 rings (SSSR count). The van der Waals surface area contributed by atoms with Gasteiger partial charge >= 0.3 is 5.97 Å². The minimum Gasteiger partial charge on any atom is -0.451 e. The van der Waals surface area contributed by atoms with Crippen LogP contribution in [0.2, 0.25) is 0 Å². The minimum atomic E-state index is -0.644. The molecule has 1 saturated heterocycles. The number of hydrogen-bond donors (Lipinski definition) is 1. The van der Waals surface area contributed by atoms with Crippen LogP contribution in [0.3, 0.4) is 0 Å². The SMILES string of the molecule is CN1CCN(c2ccc(Br)c3nc(Nc4ccc5c(c4)C(C)(C)OC5=O)ncc23)CC1. The molecule has 1 N–H and O–H groups in total. The molecule has 0 amide bonds. The highest BCUT2D eigenvalue weighted by Gasteiger charge is 2.37. The average Bonchev–Trinajstić information content (AvgIpc) is 2.97. The molecule has 0 atom stereocenters. The molecule has 1 fully saturated rings. The average molecular weight is 482 g/mol. The summed E-state index contributed by atoms with van der Waals surface area (Å²) >= 11 is 3.65. The third kappa shape index (κ3) is 3.64. The van der Waals surface area contributed by atoms with Gasteiger partial charge in [0, 0.05) is 59.2 Å². The van der Waals surface area contributed by atoms with Crippen molar-refractivity contribution >= 4 is 50.1 Å². The van der Waals surface area contributed by atoms with Crippen LogP contribution in [-0.4, -0.2) is 54.1 Å². The molecule has 1 aromatic heterocycles. The fraction of sp³-hybridized carbons (Fsp3) is 0.348. The van der Waals surface area contributed by atoms with Gasteiger partial charge in [0.25, 0.3) is 0 Å². The van der Waals surface area contributed by atoms with Gasteiger partial charge in [0.2, 0.25) is 5.95 Å². The van der Waals surface area contributed by atoms with Crippen LogP contribution in [0, 0.1) is 0 Å². The summed E-state index contributed by atoms with van der Waals surface area (Å²) in [7, 11) is 2.15. The number of carbonyl (C=O) groups is 1. The number of cyclic esters (lactones) is 1. The second kappa shape index (κ2) is 7.46. The first-order chi connectivity index (χ1) is 14.8. The molecule has 3 aromatic rings. The van der Waals surface area contributed by atoms with E-state index in [1.165, 1.54) is 0 Å². The first-order valence-electron chi connectivity index (χ1n) is 10.4. The number of likely N-dealkylation sites (N-methyl/N-ethyl adjacent to an activating group) is 1. The maximum atomic E-state index is 12.0. The number of anilines is 3. The Morgan fingerprint density at radius 3 is 2.68 bits per heavy atom. The third-order valence-electron chi connectivity index (χ3n) is 6.01. The summed E-state index contributed by atoms with van der Waals surface area (Å²) in [6.07, 6.45) is 1.88. The number of hydrogen-bond acceptors (Lipinski definition) is 7. The van der Waals surface area contributed by atoms with Crippen molar-refractivity contribution in [1.82, 2.24) is 14.9 Å². The first kappa shape index (κ1) is 20.2. The molecule has 3 heterocycles. The van der Waals surface area contributed by atoms with E-state index in [1.54, 1.807) is 6.07 Å². The predicted octanol–water partition coefficient (Wildman–Crippen LogP) is 4.29. The van der Waals surface area contributed by atoms with E-state index in [4.69, 9.17) is 9.72 Å². The Balaban J connectivity index is 1.47. The highest BCUT2D eigenvalue weighted by Crippen LogP contribution is 2.38. The normalized spacial score (nSPS) is 18.2. The number of nitrogens with one attached hydrogen (secondary N) is 1. The van der Waals surface area contributed by atoms with E-state index in [0.29, 0.717) is 11.5 Å². The molecule has 7 nitrogen and oxygen atoms in total.